The maximum Gasteiger partial charge on any atom is 0.387 e. The largest absolute Gasteiger partial charge is 0.495 e. The summed E-state index contributed by atoms with van der Waals surface area (Å²) >= 11 is 0. The third-order valence-electron chi connectivity index (χ3n) is 5.82. The van der Waals surface area contributed by atoms with Crippen molar-refractivity contribution in [2.24, 2.45) is 0 Å². The summed E-state index contributed by atoms with van der Waals surface area (Å²) in [4.78, 5) is 32.9. The number of benzene rings is 1. The number of amides is 3. The molecule has 0 spiro atoms. The van der Waals surface area contributed by atoms with Crippen molar-refractivity contribution in [3.8, 4) is 11.5 Å². The second-order valence-electron chi connectivity index (χ2n) is 8.35. The first-order chi connectivity index (χ1) is 16.2. The molecule has 0 atom stereocenters. The molecule has 1 aromatic heterocycles. The monoisotopic (exact) mass is 476 g/mol. The molecule has 0 saturated carbocycles. The fraction of sp³-hybridized carbons (Fsp3) is 0.458. The Bertz CT molecular complexity index is 1010. The van der Waals surface area contributed by atoms with E-state index in [1.54, 1.807) is 9.80 Å². The van der Waals surface area contributed by atoms with Gasteiger partial charge in [0.1, 0.15) is 5.75 Å². The number of halogens is 2. The van der Waals surface area contributed by atoms with Crippen molar-refractivity contribution in [2.45, 2.75) is 52.2 Å². The SMILES string of the molecule is COc1cnc(NC(=O)N(c2ccccc2C(C)C)C2CCN(C(C)=O)CC2)c(OC(F)F)c1. The molecule has 184 valence electrons. The molecule has 1 saturated heterocycles. The van der Waals surface area contributed by atoms with Crippen molar-refractivity contribution in [3.05, 3.63) is 42.1 Å². The average Bonchev–Trinajstić information content (AvgIpc) is 2.80. The van der Waals surface area contributed by atoms with Crippen LogP contribution in [0, 0.1) is 0 Å². The minimum absolute atomic E-state index is 0.00625. The smallest absolute Gasteiger partial charge is 0.387 e. The van der Waals surface area contributed by atoms with Gasteiger partial charge in [-0.05, 0) is 30.4 Å². The maximum absolute atomic E-state index is 13.6. The van der Waals surface area contributed by atoms with Gasteiger partial charge in [0.25, 0.3) is 0 Å². The van der Waals surface area contributed by atoms with E-state index >= 15 is 0 Å². The molecule has 34 heavy (non-hydrogen) atoms. The Morgan fingerprint density at radius 1 is 1.21 bits per heavy atom. The standard InChI is InChI=1S/C24H30F2N4O4/c1-15(2)19-7-5-6-8-20(19)30(17-9-11-29(12-10-17)16(3)31)24(32)28-22-21(34-23(25)26)13-18(33-4)14-27-22/h5-8,13-15,17,23H,9-12H2,1-4H3,(H,27,28,32). The molecule has 3 amide bonds. The molecule has 2 aromatic rings. The molecule has 0 bridgehead atoms. The number of urea groups is 1. The van der Waals surface area contributed by atoms with Gasteiger partial charge in [0.2, 0.25) is 5.91 Å². The Kier molecular flexibility index (Phi) is 8.25. The second kappa shape index (κ2) is 11.1. The van der Waals surface area contributed by atoms with Gasteiger partial charge < -0.3 is 14.4 Å². The van der Waals surface area contributed by atoms with Gasteiger partial charge in [-0.1, -0.05) is 32.0 Å². The predicted octanol–water partition coefficient (Wildman–Crippen LogP) is 4.86. The van der Waals surface area contributed by atoms with Crippen LogP contribution in [0.1, 0.15) is 45.1 Å². The molecule has 3 rings (SSSR count). The number of nitrogens with one attached hydrogen (secondary N) is 1. The summed E-state index contributed by atoms with van der Waals surface area (Å²) in [5.41, 5.74) is 1.69. The lowest BCUT2D eigenvalue weighted by Crippen LogP contribution is -2.50. The lowest BCUT2D eigenvalue weighted by atomic mass is 9.97. The van der Waals surface area contributed by atoms with Gasteiger partial charge in [0.05, 0.1) is 13.3 Å². The number of hydrogen-bond acceptors (Lipinski definition) is 5. The number of likely N-dealkylation sites (tertiary alicyclic amines) is 1. The number of piperidine rings is 1. The van der Waals surface area contributed by atoms with E-state index in [4.69, 9.17) is 4.74 Å². The molecule has 1 aliphatic rings. The first kappa shape index (κ1) is 25.2. The van der Waals surface area contributed by atoms with Crippen LogP contribution in [0.25, 0.3) is 0 Å². The average molecular weight is 477 g/mol. The zero-order chi connectivity index (χ0) is 24.8. The number of nitrogens with zero attached hydrogens (tertiary/aromatic N) is 3. The Morgan fingerprint density at radius 3 is 2.47 bits per heavy atom. The molecule has 2 heterocycles. The number of hydrogen-bond donors (Lipinski definition) is 1. The van der Waals surface area contributed by atoms with E-state index in [1.165, 1.54) is 26.3 Å². The van der Waals surface area contributed by atoms with Crippen LogP contribution in [0.4, 0.5) is 25.1 Å². The van der Waals surface area contributed by atoms with Gasteiger partial charge in [0.15, 0.2) is 11.6 Å². The van der Waals surface area contributed by atoms with Gasteiger partial charge in [-0.25, -0.2) is 9.78 Å². The molecule has 0 aliphatic carbocycles. The van der Waals surface area contributed by atoms with Crippen molar-refractivity contribution < 1.29 is 27.8 Å². The molecular weight excluding hydrogens is 446 g/mol. The van der Waals surface area contributed by atoms with Gasteiger partial charge in [0, 0.05) is 37.8 Å². The summed E-state index contributed by atoms with van der Waals surface area (Å²) in [7, 11) is 1.37. The molecule has 0 radical (unpaired) electrons. The Balaban J connectivity index is 1.96. The van der Waals surface area contributed by atoms with Crippen LogP contribution in [0.5, 0.6) is 11.5 Å². The maximum atomic E-state index is 13.6. The summed E-state index contributed by atoms with van der Waals surface area (Å²) in [5, 5.41) is 2.64. The predicted molar refractivity (Wildman–Crippen MR) is 125 cm³/mol. The van der Waals surface area contributed by atoms with E-state index in [0.29, 0.717) is 25.9 Å². The number of pyridine rings is 1. The number of anilines is 2. The molecule has 1 aromatic carbocycles. The first-order valence-corrected chi connectivity index (χ1v) is 11.1. The third kappa shape index (κ3) is 5.92. The lowest BCUT2D eigenvalue weighted by Gasteiger charge is -2.39. The minimum atomic E-state index is -3.10. The molecule has 0 unspecified atom stereocenters. The Labute approximate surface area is 197 Å². The van der Waals surface area contributed by atoms with E-state index < -0.39 is 12.6 Å². The highest BCUT2D eigenvalue weighted by molar-refractivity contribution is 6.03. The van der Waals surface area contributed by atoms with Gasteiger partial charge in [-0.3, -0.25) is 15.0 Å². The van der Waals surface area contributed by atoms with Crippen molar-refractivity contribution in [2.75, 3.05) is 30.4 Å². The number of ether oxygens (including phenoxy) is 2. The van der Waals surface area contributed by atoms with Crippen LogP contribution in [0.3, 0.4) is 0 Å². The van der Waals surface area contributed by atoms with E-state index in [0.717, 1.165) is 11.3 Å². The highest BCUT2D eigenvalue weighted by Crippen LogP contribution is 2.34. The van der Waals surface area contributed by atoms with Gasteiger partial charge in [-0.2, -0.15) is 8.78 Å². The van der Waals surface area contributed by atoms with Gasteiger partial charge >= 0.3 is 12.6 Å². The lowest BCUT2D eigenvalue weighted by molar-refractivity contribution is -0.129. The number of alkyl halides is 2. The van der Waals surface area contributed by atoms with E-state index in [1.807, 2.05) is 38.1 Å². The normalized spacial score (nSPS) is 14.3. The summed E-state index contributed by atoms with van der Waals surface area (Å²) in [6.07, 6.45) is 2.47. The topological polar surface area (TPSA) is 84.0 Å². The van der Waals surface area contributed by atoms with E-state index in [-0.39, 0.29) is 35.2 Å². The Hall–Kier alpha value is -3.43. The quantitative estimate of drug-likeness (QED) is 0.617. The van der Waals surface area contributed by atoms with Crippen LogP contribution in [-0.4, -0.2) is 54.7 Å². The Morgan fingerprint density at radius 2 is 1.88 bits per heavy atom. The van der Waals surface area contributed by atoms with E-state index in [2.05, 4.69) is 15.0 Å². The highest BCUT2D eigenvalue weighted by Gasteiger charge is 2.32. The summed E-state index contributed by atoms with van der Waals surface area (Å²) < 4.78 is 35.6. The zero-order valence-corrected chi connectivity index (χ0v) is 19.8. The minimum Gasteiger partial charge on any atom is -0.495 e. The number of rotatable bonds is 7. The molecule has 10 heteroatoms. The molecule has 8 nitrogen and oxygen atoms in total. The molecule has 1 fully saturated rings. The van der Waals surface area contributed by atoms with Crippen LogP contribution in [0.2, 0.25) is 0 Å². The van der Waals surface area contributed by atoms with Crippen molar-refractivity contribution in [1.29, 1.82) is 0 Å². The zero-order valence-electron chi connectivity index (χ0n) is 19.8. The van der Waals surface area contributed by atoms with Crippen molar-refractivity contribution in [1.82, 2.24) is 9.88 Å². The number of carbonyl (C=O) groups excluding carboxylic acids is 2. The molecular formula is C24H30F2N4O4. The fourth-order valence-corrected chi connectivity index (χ4v) is 4.09. The number of para-hydroxylation sites is 1. The van der Waals surface area contributed by atoms with Crippen molar-refractivity contribution in [3.63, 3.8) is 0 Å². The summed E-state index contributed by atoms with van der Waals surface area (Å²) in [5.74, 6) is -0.0911. The highest BCUT2D eigenvalue weighted by atomic mass is 19.3. The molecule has 1 aliphatic heterocycles. The summed E-state index contributed by atoms with van der Waals surface area (Å²) in [6.45, 7) is 3.54. The fourth-order valence-electron chi connectivity index (χ4n) is 4.09. The van der Waals surface area contributed by atoms with Crippen LogP contribution < -0.4 is 19.7 Å². The van der Waals surface area contributed by atoms with Crippen LogP contribution in [-0.2, 0) is 4.79 Å². The van der Waals surface area contributed by atoms with Crippen LogP contribution >= 0.6 is 0 Å². The second-order valence-corrected chi connectivity index (χ2v) is 8.35. The number of carbonyl (C=O) groups is 2. The third-order valence-corrected chi connectivity index (χ3v) is 5.82. The van der Waals surface area contributed by atoms with Gasteiger partial charge in [-0.15, -0.1) is 0 Å². The number of methoxy groups -OCH3 is 1. The molecule has 1 N–H and O–H groups in total. The van der Waals surface area contributed by atoms with Crippen LogP contribution in [0.15, 0.2) is 36.5 Å². The summed E-state index contributed by atoms with van der Waals surface area (Å²) in [6, 6.07) is 8.11. The number of aromatic nitrogens is 1. The van der Waals surface area contributed by atoms with E-state index in [9.17, 15) is 18.4 Å². The first-order valence-electron chi connectivity index (χ1n) is 11.1. The van der Waals surface area contributed by atoms with Crippen molar-refractivity contribution >= 4 is 23.4 Å².